The van der Waals surface area contributed by atoms with Crippen LogP contribution in [-0.2, 0) is 9.47 Å². The maximum atomic E-state index is 11.8. The van der Waals surface area contributed by atoms with Gasteiger partial charge in [0.1, 0.15) is 0 Å². The zero-order chi connectivity index (χ0) is 13.3. The summed E-state index contributed by atoms with van der Waals surface area (Å²) in [5.74, 6) is 0.539. The van der Waals surface area contributed by atoms with Crippen molar-refractivity contribution >= 4 is 0 Å². The van der Waals surface area contributed by atoms with E-state index in [9.17, 15) is 13.2 Å². The lowest BCUT2D eigenvalue weighted by molar-refractivity contribution is -0.135. The maximum Gasteiger partial charge on any atom is 0.389 e. The van der Waals surface area contributed by atoms with Gasteiger partial charge in [-0.05, 0) is 19.3 Å². The molecule has 0 radical (unpaired) electrons. The molecule has 18 heavy (non-hydrogen) atoms. The fourth-order valence-electron chi connectivity index (χ4n) is 2.02. The number of alkyl halides is 3. The van der Waals surface area contributed by atoms with Gasteiger partial charge in [0.05, 0.1) is 13.2 Å². The van der Waals surface area contributed by atoms with Crippen LogP contribution in [0.2, 0.25) is 0 Å². The Morgan fingerprint density at radius 1 is 1.06 bits per heavy atom. The second-order valence-electron chi connectivity index (χ2n) is 4.94. The summed E-state index contributed by atoms with van der Waals surface area (Å²) < 4.78 is 46.3. The van der Waals surface area contributed by atoms with Crippen molar-refractivity contribution in [3.05, 3.63) is 0 Å². The Kier molecular flexibility index (Phi) is 7.66. The van der Waals surface area contributed by atoms with E-state index in [0.717, 1.165) is 52.1 Å². The lowest BCUT2D eigenvalue weighted by Crippen LogP contribution is -2.09. The van der Waals surface area contributed by atoms with Crippen LogP contribution < -0.4 is 0 Å². The third-order valence-corrected chi connectivity index (χ3v) is 3.13. The van der Waals surface area contributed by atoms with Crippen molar-refractivity contribution in [2.45, 2.75) is 51.1 Å². The van der Waals surface area contributed by atoms with Gasteiger partial charge in [-0.15, -0.1) is 0 Å². The normalized spacial score (nSPS) is 20.5. The van der Waals surface area contributed by atoms with E-state index < -0.39 is 12.6 Å². The first-order chi connectivity index (χ1) is 8.58. The number of hydrogen-bond acceptors (Lipinski definition) is 2. The van der Waals surface area contributed by atoms with Crippen LogP contribution in [0.4, 0.5) is 13.2 Å². The van der Waals surface area contributed by atoms with Gasteiger partial charge >= 0.3 is 6.18 Å². The molecule has 0 N–H and O–H groups in total. The molecular formula is C13H23F3O2. The van der Waals surface area contributed by atoms with Crippen molar-refractivity contribution < 1.29 is 22.6 Å². The molecule has 108 valence electrons. The van der Waals surface area contributed by atoms with Gasteiger partial charge in [-0.3, -0.25) is 0 Å². The van der Waals surface area contributed by atoms with Gasteiger partial charge in [0.2, 0.25) is 0 Å². The molecule has 0 aliphatic carbocycles. The van der Waals surface area contributed by atoms with Crippen LogP contribution in [0.5, 0.6) is 0 Å². The molecule has 0 aromatic heterocycles. The lowest BCUT2D eigenvalue weighted by atomic mass is 10.1. The summed E-state index contributed by atoms with van der Waals surface area (Å²) in [5, 5.41) is 0. The zero-order valence-electron chi connectivity index (χ0n) is 10.8. The Balaban J connectivity index is 1.76. The summed E-state index contributed by atoms with van der Waals surface area (Å²) in [6.07, 6.45) is 0.124. The molecule has 0 amide bonds. The molecule has 1 aliphatic heterocycles. The first kappa shape index (κ1) is 15.8. The predicted molar refractivity (Wildman–Crippen MR) is 63.5 cm³/mol. The highest BCUT2D eigenvalue weighted by molar-refractivity contribution is 4.62. The van der Waals surface area contributed by atoms with Crippen LogP contribution in [0.25, 0.3) is 0 Å². The van der Waals surface area contributed by atoms with E-state index in [1.165, 1.54) is 0 Å². The minimum Gasteiger partial charge on any atom is -0.381 e. The maximum absolute atomic E-state index is 11.8. The molecule has 1 saturated heterocycles. The van der Waals surface area contributed by atoms with Crippen LogP contribution in [0.15, 0.2) is 0 Å². The summed E-state index contributed by atoms with van der Waals surface area (Å²) in [5.41, 5.74) is 0. The average Bonchev–Trinajstić information content (AvgIpc) is 2.78. The van der Waals surface area contributed by atoms with E-state index in [4.69, 9.17) is 9.47 Å². The van der Waals surface area contributed by atoms with E-state index in [1.807, 2.05) is 0 Å². The molecule has 2 nitrogen and oxygen atoms in total. The predicted octanol–water partition coefficient (Wildman–Crippen LogP) is 3.94. The van der Waals surface area contributed by atoms with Crippen LogP contribution >= 0.6 is 0 Å². The number of rotatable bonds is 9. The molecule has 0 saturated carbocycles. The SMILES string of the molecule is FC(F)(F)CCCCCCCOCC1CCOC1. The molecule has 1 fully saturated rings. The number of ether oxygens (including phenoxy) is 2. The number of hydrogen-bond donors (Lipinski definition) is 0. The molecule has 1 unspecified atom stereocenters. The first-order valence-electron chi connectivity index (χ1n) is 6.80. The summed E-state index contributed by atoms with van der Waals surface area (Å²) in [6.45, 7) is 3.12. The van der Waals surface area contributed by atoms with Gasteiger partial charge in [0.15, 0.2) is 0 Å². The summed E-state index contributed by atoms with van der Waals surface area (Å²) in [6, 6.07) is 0. The quantitative estimate of drug-likeness (QED) is 0.590. The molecular weight excluding hydrogens is 245 g/mol. The standard InChI is InChI=1S/C13H23F3O2/c14-13(15,16)7-4-2-1-3-5-8-17-10-12-6-9-18-11-12/h12H,1-11H2. The zero-order valence-corrected chi connectivity index (χ0v) is 10.8. The second kappa shape index (κ2) is 8.75. The molecule has 1 rings (SSSR count). The molecule has 0 aromatic rings. The smallest absolute Gasteiger partial charge is 0.381 e. The Morgan fingerprint density at radius 3 is 2.44 bits per heavy atom. The monoisotopic (exact) mass is 268 g/mol. The summed E-state index contributed by atoms with van der Waals surface area (Å²) in [7, 11) is 0. The molecule has 0 aromatic carbocycles. The van der Waals surface area contributed by atoms with Gasteiger partial charge in [-0.25, -0.2) is 0 Å². The van der Waals surface area contributed by atoms with E-state index in [2.05, 4.69) is 0 Å². The minimum absolute atomic E-state index is 0.254. The fraction of sp³-hybridized carbons (Fsp3) is 1.00. The Bertz CT molecular complexity index is 201. The minimum atomic E-state index is -3.99. The largest absolute Gasteiger partial charge is 0.389 e. The molecule has 0 bridgehead atoms. The summed E-state index contributed by atoms with van der Waals surface area (Å²) in [4.78, 5) is 0. The second-order valence-corrected chi connectivity index (χ2v) is 4.94. The highest BCUT2D eigenvalue weighted by atomic mass is 19.4. The van der Waals surface area contributed by atoms with Crippen molar-refractivity contribution in [2.24, 2.45) is 5.92 Å². The molecule has 1 heterocycles. The van der Waals surface area contributed by atoms with Gasteiger partial charge in [-0.2, -0.15) is 13.2 Å². The van der Waals surface area contributed by atoms with E-state index in [-0.39, 0.29) is 6.42 Å². The molecule has 1 atom stereocenters. The van der Waals surface area contributed by atoms with E-state index in [1.54, 1.807) is 0 Å². The van der Waals surface area contributed by atoms with E-state index >= 15 is 0 Å². The molecule has 0 spiro atoms. The number of unbranched alkanes of at least 4 members (excludes halogenated alkanes) is 4. The van der Waals surface area contributed by atoms with Crippen molar-refractivity contribution in [1.82, 2.24) is 0 Å². The van der Waals surface area contributed by atoms with Crippen LogP contribution in [0.1, 0.15) is 44.9 Å². The van der Waals surface area contributed by atoms with Crippen molar-refractivity contribution in [3.8, 4) is 0 Å². The lowest BCUT2D eigenvalue weighted by Gasteiger charge is -2.08. The average molecular weight is 268 g/mol. The number of halogens is 3. The van der Waals surface area contributed by atoms with Gasteiger partial charge in [-0.1, -0.05) is 19.3 Å². The first-order valence-corrected chi connectivity index (χ1v) is 6.80. The molecule has 1 aliphatic rings. The Hall–Kier alpha value is -0.290. The van der Waals surface area contributed by atoms with Crippen molar-refractivity contribution in [3.63, 3.8) is 0 Å². The molecule has 5 heteroatoms. The Morgan fingerprint density at radius 2 is 1.78 bits per heavy atom. The third-order valence-electron chi connectivity index (χ3n) is 3.13. The van der Waals surface area contributed by atoms with Crippen LogP contribution in [0, 0.1) is 5.92 Å². The van der Waals surface area contributed by atoms with Gasteiger partial charge in [0, 0.05) is 25.6 Å². The highest BCUT2D eigenvalue weighted by Crippen LogP contribution is 2.23. The van der Waals surface area contributed by atoms with Gasteiger partial charge in [0.25, 0.3) is 0 Å². The topological polar surface area (TPSA) is 18.5 Å². The van der Waals surface area contributed by atoms with Gasteiger partial charge < -0.3 is 9.47 Å². The third kappa shape index (κ3) is 8.75. The van der Waals surface area contributed by atoms with Crippen molar-refractivity contribution in [2.75, 3.05) is 26.4 Å². The van der Waals surface area contributed by atoms with Crippen LogP contribution in [0.3, 0.4) is 0 Å². The van der Waals surface area contributed by atoms with E-state index in [0.29, 0.717) is 12.3 Å². The van der Waals surface area contributed by atoms with Crippen molar-refractivity contribution in [1.29, 1.82) is 0 Å². The highest BCUT2D eigenvalue weighted by Gasteiger charge is 2.25. The summed E-state index contributed by atoms with van der Waals surface area (Å²) >= 11 is 0. The van der Waals surface area contributed by atoms with Crippen LogP contribution in [-0.4, -0.2) is 32.6 Å². The fourth-order valence-corrected chi connectivity index (χ4v) is 2.02. The Labute approximate surface area is 107 Å².